The lowest BCUT2D eigenvalue weighted by Gasteiger charge is -2.13. The van der Waals surface area contributed by atoms with Gasteiger partial charge in [0.15, 0.2) is 18.1 Å². The number of nitrogens with one attached hydrogen (secondary N) is 2. The smallest absolute Gasteiger partial charge is 0.262 e. The molecule has 174 valence electrons. The average molecular weight is 445 g/mol. The highest BCUT2D eigenvalue weighted by atomic mass is 16.5. The normalized spacial score (nSPS) is 10.3. The van der Waals surface area contributed by atoms with E-state index in [1.807, 2.05) is 6.07 Å². The van der Waals surface area contributed by atoms with Gasteiger partial charge in [-0.3, -0.25) is 9.59 Å². The summed E-state index contributed by atoms with van der Waals surface area (Å²) in [4.78, 5) is 24.6. The molecule has 2 N–H and O–H groups in total. The van der Waals surface area contributed by atoms with Crippen molar-refractivity contribution in [1.82, 2.24) is 5.32 Å². The number of hydrogen-bond acceptors (Lipinski definition) is 6. The minimum atomic E-state index is -0.348. The predicted octanol–water partition coefficient (Wildman–Crippen LogP) is 3.66. The van der Waals surface area contributed by atoms with Gasteiger partial charge in [-0.1, -0.05) is 25.5 Å². The van der Waals surface area contributed by atoms with E-state index >= 15 is 0 Å². The Morgan fingerprint density at radius 2 is 1.66 bits per heavy atom. The number of unbranched alkanes of at least 4 members (excludes halogenated alkanes) is 1. The summed E-state index contributed by atoms with van der Waals surface area (Å²) in [7, 11) is 3.01. The Kier molecular flexibility index (Phi) is 10.9. The third-order valence-electron chi connectivity index (χ3n) is 4.56. The van der Waals surface area contributed by atoms with Crippen molar-refractivity contribution in [1.29, 1.82) is 0 Å². The first-order valence-electron chi connectivity index (χ1n) is 10.7. The molecule has 0 aliphatic rings. The molecule has 0 saturated carbocycles. The quantitative estimate of drug-likeness (QED) is 0.432. The SMILES string of the molecule is CCCCOCCCNC(=O)c1ccc(OCC(=O)Nc2ccccc2OC)c(OC)c1. The van der Waals surface area contributed by atoms with Gasteiger partial charge in [0.05, 0.1) is 19.9 Å². The van der Waals surface area contributed by atoms with E-state index < -0.39 is 0 Å². The van der Waals surface area contributed by atoms with Crippen molar-refractivity contribution in [2.45, 2.75) is 26.2 Å². The topological polar surface area (TPSA) is 95.1 Å². The molecule has 0 unspecified atom stereocenters. The number of carbonyl (C=O) groups excluding carboxylic acids is 2. The highest BCUT2D eigenvalue weighted by Gasteiger charge is 2.13. The molecular formula is C24H32N2O6. The standard InChI is InChI=1S/C24H32N2O6/c1-4-5-14-31-15-8-13-25-24(28)18-11-12-21(22(16-18)30-3)32-17-23(27)26-19-9-6-7-10-20(19)29-2/h6-7,9-12,16H,4-5,8,13-15,17H2,1-3H3,(H,25,28)(H,26,27). The molecule has 0 atom stereocenters. The molecule has 8 nitrogen and oxygen atoms in total. The molecule has 0 heterocycles. The lowest BCUT2D eigenvalue weighted by molar-refractivity contribution is -0.118. The van der Waals surface area contributed by atoms with Crippen molar-refractivity contribution >= 4 is 17.5 Å². The summed E-state index contributed by atoms with van der Waals surface area (Å²) in [5, 5.41) is 5.60. The summed E-state index contributed by atoms with van der Waals surface area (Å²) in [6.45, 7) is 3.78. The summed E-state index contributed by atoms with van der Waals surface area (Å²) < 4.78 is 21.6. The average Bonchev–Trinajstić information content (AvgIpc) is 2.82. The van der Waals surface area contributed by atoms with Crippen LogP contribution in [0.2, 0.25) is 0 Å². The molecule has 0 fully saturated rings. The van der Waals surface area contributed by atoms with Crippen molar-refractivity contribution in [3.05, 3.63) is 48.0 Å². The first-order valence-corrected chi connectivity index (χ1v) is 10.7. The fourth-order valence-corrected chi connectivity index (χ4v) is 2.83. The summed E-state index contributed by atoms with van der Waals surface area (Å²) >= 11 is 0. The number of rotatable bonds is 14. The maximum Gasteiger partial charge on any atom is 0.262 e. The lowest BCUT2D eigenvalue weighted by atomic mass is 10.2. The first-order chi connectivity index (χ1) is 15.6. The molecule has 2 aromatic carbocycles. The summed E-state index contributed by atoms with van der Waals surface area (Å²) in [6, 6.07) is 11.9. The fourth-order valence-electron chi connectivity index (χ4n) is 2.83. The molecule has 0 radical (unpaired) electrons. The molecule has 2 aromatic rings. The molecule has 0 saturated heterocycles. The van der Waals surface area contributed by atoms with E-state index in [0.717, 1.165) is 25.9 Å². The van der Waals surface area contributed by atoms with Crippen LogP contribution in [-0.2, 0) is 9.53 Å². The van der Waals surface area contributed by atoms with Crippen LogP contribution < -0.4 is 24.8 Å². The maximum atomic E-state index is 12.4. The van der Waals surface area contributed by atoms with Gasteiger partial charge >= 0.3 is 0 Å². The number of para-hydroxylation sites is 2. The monoisotopic (exact) mass is 444 g/mol. The van der Waals surface area contributed by atoms with E-state index in [-0.39, 0.29) is 18.4 Å². The molecule has 0 aliphatic carbocycles. The Morgan fingerprint density at radius 1 is 0.906 bits per heavy atom. The van der Waals surface area contributed by atoms with E-state index in [4.69, 9.17) is 18.9 Å². The van der Waals surface area contributed by atoms with Gasteiger partial charge in [-0.25, -0.2) is 0 Å². The molecule has 0 bridgehead atoms. The second kappa shape index (κ2) is 13.9. The highest BCUT2D eigenvalue weighted by Crippen LogP contribution is 2.28. The first kappa shape index (κ1) is 25.0. The van der Waals surface area contributed by atoms with Gasteiger partial charge in [0.25, 0.3) is 11.8 Å². The number of methoxy groups -OCH3 is 2. The minimum absolute atomic E-state index is 0.211. The fraction of sp³-hybridized carbons (Fsp3) is 0.417. The summed E-state index contributed by atoms with van der Waals surface area (Å²) in [5.74, 6) is 0.729. The molecule has 8 heteroatoms. The van der Waals surface area contributed by atoms with E-state index in [1.54, 1.807) is 36.4 Å². The molecular weight excluding hydrogens is 412 g/mol. The zero-order valence-electron chi connectivity index (χ0n) is 18.9. The molecule has 2 rings (SSSR count). The Bertz CT molecular complexity index is 871. The van der Waals surface area contributed by atoms with Crippen molar-refractivity contribution < 1.29 is 28.5 Å². The van der Waals surface area contributed by atoms with Crippen LogP contribution in [0.5, 0.6) is 17.2 Å². The largest absolute Gasteiger partial charge is 0.495 e. The van der Waals surface area contributed by atoms with Crippen LogP contribution in [0, 0.1) is 0 Å². The molecule has 0 spiro atoms. The van der Waals surface area contributed by atoms with Gasteiger partial charge in [0, 0.05) is 25.3 Å². The number of ether oxygens (including phenoxy) is 4. The summed E-state index contributed by atoms with van der Waals surface area (Å²) in [6.07, 6.45) is 2.89. The second-order valence-corrected chi connectivity index (χ2v) is 6.98. The molecule has 2 amide bonds. The van der Waals surface area contributed by atoms with Crippen LogP contribution in [0.3, 0.4) is 0 Å². The Morgan fingerprint density at radius 3 is 2.41 bits per heavy atom. The van der Waals surface area contributed by atoms with E-state index in [9.17, 15) is 9.59 Å². The van der Waals surface area contributed by atoms with Gasteiger partial charge in [-0.2, -0.15) is 0 Å². The Labute approximate surface area is 189 Å². The van der Waals surface area contributed by atoms with Crippen molar-refractivity contribution in [3.63, 3.8) is 0 Å². The third kappa shape index (κ3) is 8.11. The number of carbonyl (C=O) groups is 2. The van der Waals surface area contributed by atoms with Crippen LogP contribution in [0.4, 0.5) is 5.69 Å². The minimum Gasteiger partial charge on any atom is -0.495 e. The maximum absolute atomic E-state index is 12.4. The van der Waals surface area contributed by atoms with Crippen LogP contribution in [0.25, 0.3) is 0 Å². The molecule has 32 heavy (non-hydrogen) atoms. The second-order valence-electron chi connectivity index (χ2n) is 6.98. The van der Waals surface area contributed by atoms with E-state index in [1.165, 1.54) is 14.2 Å². The summed E-state index contributed by atoms with van der Waals surface area (Å²) in [5.41, 5.74) is 0.998. The van der Waals surface area contributed by atoms with Crippen LogP contribution in [0.15, 0.2) is 42.5 Å². The zero-order valence-corrected chi connectivity index (χ0v) is 18.9. The zero-order chi connectivity index (χ0) is 23.2. The van der Waals surface area contributed by atoms with Gasteiger partial charge in [0.1, 0.15) is 5.75 Å². The van der Waals surface area contributed by atoms with Crippen molar-refractivity contribution in [2.24, 2.45) is 0 Å². The van der Waals surface area contributed by atoms with Gasteiger partial charge in [0.2, 0.25) is 0 Å². The van der Waals surface area contributed by atoms with Crippen LogP contribution >= 0.6 is 0 Å². The number of anilines is 1. The molecule has 0 aromatic heterocycles. The molecule has 0 aliphatic heterocycles. The van der Waals surface area contributed by atoms with Crippen molar-refractivity contribution in [2.75, 3.05) is 45.9 Å². The number of benzene rings is 2. The lowest BCUT2D eigenvalue weighted by Crippen LogP contribution is -2.25. The predicted molar refractivity (Wildman–Crippen MR) is 123 cm³/mol. The number of amides is 2. The van der Waals surface area contributed by atoms with Crippen LogP contribution in [0.1, 0.15) is 36.5 Å². The number of hydrogen-bond donors (Lipinski definition) is 2. The van der Waals surface area contributed by atoms with E-state index in [0.29, 0.717) is 41.7 Å². The Balaban J connectivity index is 1.84. The van der Waals surface area contributed by atoms with Gasteiger partial charge < -0.3 is 29.6 Å². The van der Waals surface area contributed by atoms with Gasteiger partial charge in [-0.05, 0) is 43.2 Å². The van der Waals surface area contributed by atoms with Crippen LogP contribution in [-0.4, -0.2) is 52.4 Å². The third-order valence-corrected chi connectivity index (χ3v) is 4.56. The van der Waals surface area contributed by atoms with E-state index in [2.05, 4.69) is 17.6 Å². The van der Waals surface area contributed by atoms with Crippen molar-refractivity contribution in [3.8, 4) is 17.2 Å². The Hall–Kier alpha value is -3.26. The van der Waals surface area contributed by atoms with Gasteiger partial charge in [-0.15, -0.1) is 0 Å². The highest BCUT2D eigenvalue weighted by molar-refractivity contribution is 5.95.